The van der Waals surface area contributed by atoms with Gasteiger partial charge in [-0.15, -0.1) is 0 Å². The van der Waals surface area contributed by atoms with Crippen LogP contribution in [-0.2, 0) is 19.7 Å². The molecule has 2 aliphatic rings. The maximum Gasteiger partial charge on any atom is 0.212 e. The number of hydrogen-bond acceptors (Lipinski definition) is 5. The average molecular weight is 457 g/mol. The van der Waals surface area contributed by atoms with E-state index in [0.717, 1.165) is 12.5 Å². The number of carbonyl (C=O) groups is 1. The molecule has 0 atom stereocenters. The Bertz CT molecular complexity index is 530. The lowest BCUT2D eigenvalue weighted by atomic mass is 9.91. The van der Waals surface area contributed by atoms with Crippen molar-refractivity contribution in [3.05, 3.63) is 11.8 Å². The molecular weight excluding hydrogens is 404 g/mol. The summed E-state index contributed by atoms with van der Waals surface area (Å²) in [6, 6.07) is 1.69. The third-order valence-corrected chi connectivity index (χ3v) is 4.45. The van der Waals surface area contributed by atoms with Crippen LogP contribution in [-0.4, -0.2) is 39.0 Å². The van der Waals surface area contributed by atoms with Crippen molar-refractivity contribution in [1.82, 2.24) is 5.16 Å². The van der Waals surface area contributed by atoms with Crippen LogP contribution in [0.15, 0.2) is 10.6 Å². The molecule has 1 aromatic heterocycles. The van der Waals surface area contributed by atoms with Crippen molar-refractivity contribution in [2.45, 2.75) is 106 Å². The van der Waals surface area contributed by atoms with Gasteiger partial charge < -0.3 is 19.3 Å². The second kappa shape index (κ2) is 19.1. The molecule has 32 heavy (non-hydrogen) atoms. The van der Waals surface area contributed by atoms with Crippen LogP contribution in [0.2, 0.25) is 0 Å². The van der Waals surface area contributed by atoms with Crippen molar-refractivity contribution in [2.24, 2.45) is 11.3 Å². The number of carbonyl (C=O) groups excluding carboxylic acids is 1. The summed E-state index contributed by atoms with van der Waals surface area (Å²) in [5.41, 5.74) is 0.255. The van der Waals surface area contributed by atoms with Crippen LogP contribution >= 0.6 is 0 Å². The van der Waals surface area contributed by atoms with Crippen LogP contribution in [0.4, 0.5) is 5.82 Å². The van der Waals surface area contributed by atoms with E-state index in [0.29, 0.717) is 30.0 Å². The molecule has 0 saturated heterocycles. The molecule has 3 rings (SSSR count). The van der Waals surface area contributed by atoms with Crippen LogP contribution in [0, 0.1) is 11.3 Å². The number of ether oxygens (including phenoxy) is 2. The van der Waals surface area contributed by atoms with E-state index in [2.05, 4.69) is 49.8 Å². The van der Waals surface area contributed by atoms with Gasteiger partial charge in [0.25, 0.3) is 0 Å². The number of methoxy groups -OCH3 is 2. The lowest BCUT2D eigenvalue weighted by Gasteiger charge is -2.19. The molecule has 0 aliphatic heterocycles. The standard InChI is InChI=1S/C9H14N2O3.C5H10.C5H12.C4H8.C3H8O/c1-9(2,5-13-3)7-4-8(10-6-12)11-14-7;1-2-5-3-4-5;1-5(2,3)4;1-2-4-3-1;1-3-4-2/h4,6H,5H2,1-3H3,(H,10,11,12);5H,2-4H2,1H3;1-4H3;1-4H2;3H2,1-2H3. The van der Waals surface area contributed by atoms with E-state index < -0.39 is 0 Å². The van der Waals surface area contributed by atoms with Crippen LogP contribution in [0.25, 0.3) is 0 Å². The highest BCUT2D eigenvalue weighted by Gasteiger charge is 2.25. The Morgan fingerprint density at radius 3 is 1.75 bits per heavy atom. The number of nitrogens with one attached hydrogen (secondary N) is 1. The first-order valence-corrected chi connectivity index (χ1v) is 12.1. The largest absolute Gasteiger partial charge is 0.385 e. The molecule has 6 nitrogen and oxygen atoms in total. The van der Waals surface area contributed by atoms with Crippen LogP contribution < -0.4 is 5.32 Å². The van der Waals surface area contributed by atoms with Crippen LogP contribution in [0.1, 0.15) is 106 Å². The molecule has 0 aromatic carbocycles. The molecule has 0 unspecified atom stereocenters. The minimum absolute atomic E-state index is 0.245. The molecule has 1 N–H and O–H groups in total. The van der Waals surface area contributed by atoms with Gasteiger partial charge in [-0.05, 0) is 18.3 Å². The Labute approximate surface area is 198 Å². The van der Waals surface area contributed by atoms with Gasteiger partial charge >= 0.3 is 0 Å². The van der Waals surface area contributed by atoms with Gasteiger partial charge in [-0.2, -0.15) is 0 Å². The summed E-state index contributed by atoms with van der Waals surface area (Å²) in [6.07, 6.45) is 11.0. The summed E-state index contributed by atoms with van der Waals surface area (Å²) in [4.78, 5) is 10.1. The molecule has 1 heterocycles. The Morgan fingerprint density at radius 1 is 1.03 bits per heavy atom. The maximum absolute atomic E-state index is 10.1. The second-order valence-corrected chi connectivity index (χ2v) is 10.5. The Balaban J connectivity index is 0. The fraction of sp³-hybridized carbons (Fsp3) is 0.846. The fourth-order valence-electron chi connectivity index (χ4n) is 1.93. The molecule has 0 radical (unpaired) electrons. The third kappa shape index (κ3) is 23.3. The quantitative estimate of drug-likeness (QED) is 0.438. The van der Waals surface area contributed by atoms with Crippen LogP contribution in [0.5, 0.6) is 0 Å². The minimum atomic E-state index is -0.245. The number of rotatable bonds is 7. The number of amides is 1. The lowest BCUT2D eigenvalue weighted by Crippen LogP contribution is -2.22. The number of nitrogens with zero attached hydrogens (tertiary/aromatic N) is 1. The summed E-state index contributed by atoms with van der Waals surface area (Å²) in [6.45, 7) is 18.3. The number of aromatic nitrogens is 1. The summed E-state index contributed by atoms with van der Waals surface area (Å²) < 4.78 is 14.7. The molecule has 2 aliphatic carbocycles. The van der Waals surface area contributed by atoms with Gasteiger partial charge in [0, 0.05) is 32.3 Å². The maximum atomic E-state index is 10.1. The molecule has 1 amide bonds. The first kappa shape index (κ1) is 32.8. The zero-order valence-corrected chi connectivity index (χ0v) is 22.7. The van der Waals surface area contributed by atoms with Gasteiger partial charge in [-0.1, -0.05) is 98.6 Å². The normalized spacial score (nSPS) is 14.4. The van der Waals surface area contributed by atoms with Gasteiger partial charge in [-0.3, -0.25) is 4.79 Å². The predicted octanol–water partition coefficient (Wildman–Crippen LogP) is 7.24. The highest BCUT2D eigenvalue weighted by molar-refractivity contribution is 5.68. The van der Waals surface area contributed by atoms with Crippen molar-refractivity contribution in [3.63, 3.8) is 0 Å². The predicted molar refractivity (Wildman–Crippen MR) is 135 cm³/mol. The van der Waals surface area contributed by atoms with Gasteiger partial charge in [-0.25, -0.2) is 0 Å². The smallest absolute Gasteiger partial charge is 0.212 e. The number of hydrogen-bond donors (Lipinski definition) is 1. The Hall–Kier alpha value is -1.40. The molecular formula is C26H52N2O4. The van der Waals surface area contributed by atoms with E-state index in [-0.39, 0.29) is 5.41 Å². The van der Waals surface area contributed by atoms with Crippen molar-refractivity contribution >= 4 is 12.2 Å². The SMILES string of the molecule is C1CCC1.CC(C)(C)C.CCC1CC1.CCOC.COCC(C)(C)c1cc(NC=O)no1. The zero-order chi connectivity index (χ0) is 25.0. The van der Waals surface area contributed by atoms with Crippen LogP contribution in [0.3, 0.4) is 0 Å². The van der Waals surface area contributed by atoms with Crippen molar-refractivity contribution < 1.29 is 18.8 Å². The zero-order valence-electron chi connectivity index (χ0n) is 22.7. The van der Waals surface area contributed by atoms with E-state index in [1.165, 1.54) is 44.9 Å². The van der Waals surface area contributed by atoms with E-state index in [9.17, 15) is 4.79 Å². The van der Waals surface area contributed by atoms with E-state index in [1.54, 1.807) is 20.3 Å². The first-order valence-electron chi connectivity index (χ1n) is 12.1. The Kier molecular flexibility index (Phi) is 19.6. The van der Waals surface area contributed by atoms with Crippen molar-refractivity contribution in [1.29, 1.82) is 0 Å². The lowest BCUT2D eigenvalue weighted by molar-refractivity contribution is -0.105. The summed E-state index contributed by atoms with van der Waals surface area (Å²) in [5.74, 6) is 2.23. The van der Waals surface area contributed by atoms with E-state index in [4.69, 9.17) is 9.26 Å². The fourth-order valence-corrected chi connectivity index (χ4v) is 1.93. The molecule has 0 bridgehead atoms. The summed E-state index contributed by atoms with van der Waals surface area (Å²) >= 11 is 0. The molecule has 6 heteroatoms. The van der Waals surface area contributed by atoms with Crippen molar-refractivity contribution in [2.75, 3.05) is 32.8 Å². The van der Waals surface area contributed by atoms with Gasteiger partial charge in [0.1, 0.15) is 5.76 Å². The highest BCUT2D eigenvalue weighted by atomic mass is 16.5. The molecule has 2 saturated carbocycles. The molecule has 190 valence electrons. The van der Waals surface area contributed by atoms with Gasteiger partial charge in [0.2, 0.25) is 6.41 Å². The van der Waals surface area contributed by atoms with Gasteiger partial charge in [0.15, 0.2) is 5.82 Å². The molecule has 2 fully saturated rings. The topological polar surface area (TPSA) is 73.6 Å². The monoisotopic (exact) mass is 456 g/mol. The third-order valence-electron chi connectivity index (χ3n) is 4.45. The van der Waals surface area contributed by atoms with Gasteiger partial charge in [0.05, 0.1) is 6.61 Å². The average Bonchev–Trinajstić information content (AvgIpc) is 3.37. The molecule has 1 aromatic rings. The van der Waals surface area contributed by atoms with E-state index >= 15 is 0 Å². The minimum Gasteiger partial charge on any atom is -0.385 e. The number of anilines is 1. The second-order valence-electron chi connectivity index (χ2n) is 10.5. The molecule has 0 spiro atoms. The first-order chi connectivity index (χ1) is 14.9. The van der Waals surface area contributed by atoms with E-state index in [1.807, 2.05) is 20.8 Å². The summed E-state index contributed by atoms with van der Waals surface area (Å²) in [7, 11) is 3.31. The summed E-state index contributed by atoms with van der Waals surface area (Å²) in [5, 5.41) is 6.10. The highest BCUT2D eigenvalue weighted by Crippen LogP contribution is 2.31. The van der Waals surface area contributed by atoms with Crippen molar-refractivity contribution in [3.8, 4) is 0 Å². The Morgan fingerprint density at radius 2 is 1.50 bits per heavy atom.